The number of hydrogen-bond acceptors (Lipinski definition) is 4. The molecule has 0 atom stereocenters. The number of rotatable bonds is 16. The molecule has 0 amide bonds. The maximum atomic E-state index is 8.27. The molecule has 0 N–H and O–H groups in total. The number of hydrogen-bond donors (Lipinski definition) is 0. The first-order chi connectivity index (χ1) is 61.1. The van der Waals surface area contributed by atoms with Crippen LogP contribution in [0.15, 0.2) is 461 Å². The van der Waals surface area contributed by atoms with Crippen LogP contribution in [0.25, 0.3) is 43.1 Å². The first kappa shape index (κ1) is 76.8. The fraction of sp³-hybridized carbons (Fsp3) is 0.0345. The number of aryl methyl sites for hydroxylation is 4. The summed E-state index contributed by atoms with van der Waals surface area (Å²) in [4.78, 5) is 10.0. The van der Waals surface area contributed by atoms with E-state index in [1.165, 1.54) is 136 Å². The SMILES string of the molecule is Cc1cccc(N(c2cc([Si](c3ccccc3)(c3ccccc3)c3ccccc3)cc(N(c3cccc(C)c3)c3cccc4ccccc34)c2Cl)c2cccc3ccccc23)c1.Cc1cccc(N2c3cc([Si](c4ccccc4)(c4ccccc4)c4ccccc4)cc4c3B(c3ccc5ccccc5c32)c2ccc3ccccc3c2N4c2cccc(C)c2)c1. The van der Waals surface area contributed by atoms with Gasteiger partial charge in [0.25, 0.3) is 6.71 Å². The van der Waals surface area contributed by atoms with Crippen molar-refractivity contribution in [1.29, 1.82) is 0 Å². The lowest BCUT2D eigenvalue weighted by molar-refractivity contribution is 1.25. The van der Waals surface area contributed by atoms with Crippen molar-refractivity contribution in [1.82, 2.24) is 0 Å². The van der Waals surface area contributed by atoms with E-state index >= 15 is 0 Å². The van der Waals surface area contributed by atoms with Gasteiger partial charge in [-0.1, -0.05) is 388 Å². The highest BCUT2D eigenvalue weighted by molar-refractivity contribution is 7.20. The molecule has 20 aromatic carbocycles. The fourth-order valence-corrected chi connectivity index (χ4v) is 30.1. The second-order valence-electron chi connectivity index (χ2n) is 33.0. The highest BCUT2D eigenvalue weighted by Crippen LogP contribution is 2.52. The van der Waals surface area contributed by atoms with E-state index in [2.05, 4.69) is 508 Å². The van der Waals surface area contributed by atoms with Crippen LogP contribution >= 0.6 is 11.6 Å². The third kappa shape index (κ3) is 13.2. The van der Waals surface area contributed by atoms with Gasteiger partial charge in [-0.2, -0.15) is 0 Å². The molecule has 0 saturated heterocycles. The van der Waals surface area contributed by atoms with Crippen LogP contribution in [0.4, 0.5) is 68.2 Å². The maximum Gasteiger partial charge on any atom is 0.252 e. The Morgan fingerprint density at radius 3 is 0.855 bits per heavy atom. The predicted octanol–water partition coefficient (Wildman–Crippen LogP) is 23.7. The van der Waals surface area contributed by atoms with Crippen molar-refractivity contribution in [3.05, 3.63) is 488 Å². The van der Waals surface area contributed by atoms with E-state index in [1.807, 2.05) is 0 Å². The molecule has 4 nitrogen and oxygen atoms in total. The zero-order valence-corrected chi connectivity index (χ0v) is 72.4. The van der Waals surface area contributed by atoms with Gasteiger partial charge in [0.1, 0.15) is 0 Å². The Morgan fingerprint density at radius 2 is 0.516 bits per heavy atom. The van der Waals surface area contributed by atoms with Crippen LogP contribution in [0.2, 0.25) is 5.02 Å². The molecular formula is C116H88BClN4Si2. The van der Waals surface area contributed by atoms with Crippen LogP contribution in [0.3, 0.4) is 0 Å². The lowest BCUT2D eigenvalue weighted by Crippen LogP contribution is -2.75. The minimum Gasteiger partial charge on any atom is -0.311 e. The van der Waals surface area contributed by atoms with E-state index in [0.717, 1.165) is 55.7 Å². The molecule has 2 aliphatic rings. The molecular weight excluding hydrogens is 1550 g/mol. The van der Waals surface area contributed by atoms with Gasteiger partial charge in [-0.15, -0.1) is 0 Å². The molecule has 0 fully saturated rings. The van der Waals surface area contributed by atoms with Gasteiger partial charge in [0, 0.05) is 67.0 Å². The van der Waals surface area contributed by atoms with Gasteiger partial charge >= 0.3 is 0 Å². The van der Waals surface area contributed by atoms with Crippen LogP contribution < -0.4 is 77.5 Å². The summed E-state index contributed by atoms with van der Waals surface area (Å²) in [6.07, 6.45) is 0. The summed E-state index contributed by atoms with van der Waals surface area (Å²) in [5.74, 6) is 0. The minimum atomic E-state index is -3.12. The molecule has 0 aliphatic carbocycles. The quantitative estimate of drug-likeness (QED) is 0.0706. The average molecular weight is 1640 g/mol. The van der Waals surface area contributed by atoms with Crippen LogP contribution in [-0.4, -0.2) is 22.9 Å². The molecule has 0 aromatic heterocycles. The van der Waals surface area contributed by atoms with Gasteiger partial charge in [-0.05, 0) is 214 Å². The third-order valence-electron chi connectivity index (χ3n) is 25.5. The first-order valence-corrected chi connectivity index (χ1v) is 47.3. The fourth-order valence-electron chi connectivity index (χ4n) is 20.2. The smallest absolute Gasteiger partial charge is 0.252 e. The number of halogens is 1. The van der Waals surface area contributed by atoms with Crippen LogP contribution in [0.1, 0.15) is 22.3 Å². The van der Waals surface area contributed by atoms with Gasteiger partial charge in [0.2, 0.25) is 0 Å². The van der Waals surface area contributed by atoms with Crippen molar-refractivity contribution >= 4 is 204 Å². The molecule has 20 aromatic rings. The van der Waals surface area contributed by atoms with Gasteiger partial charge in [-0.3, -0.25) is 0 Å². The number of nitrogens with zero attached hydrogens (tertiary/aromatic N) is 4. The van der Waals surface area contributed by atoms with Crippen molar-refractivity contribution in [3.8, 4) is 0 Å². The number of fused-ring (bicyclic) bond motifs is 10. The Hall–Kier alpha value is -14.6. The Balaban J connectivity index is 0.000000152. The standard InChI is InChI=1S/C58H43BN2Si.C58H45ClN2Si/c1-40-18-16-22-44(36-40)60-54-38-49(62(46-24-6-3-7-25-46,47-26-8-4-9-27-47)48-28-10-5-11-29-48)39-55-56(54)59(52-34-32-42-20-12-14-30-50(42)57(52)60)53-35-33-43-21-13-15-31-51(43)58(53)61(55)45-23-17-19-41(2)37-45;1-42-20-16-26-46(38-42)60(54-36-18-24-44-22-12-14-34-52(44)54)56-40-51(62(48-28-6-3-7-29-48,49-30-8-4-9-31-49)50-32-10-5-11-33-50)41-57(58(56)59)61(47-27-17-21-43(2)39-47)55-37-19-25-45-23-13-15-35-53(45)55/h3-39H,1-2H3;3-41H,1-2H3. The molecule has 2 aliphatic heterocycles. The Bertz CT molecular complexity index is 6790. The Kier molecular flexibility index (Phi) is 20.1. The van der Waals surface area contributed by atoms with Crippen molar-refractivity contribution in [2.24, 2.45) is 0 Å². The molecule has 8 heteroatoms. The third-order valence-corrected chi connectivity index (χ3v) is 35.4. The minimum absolute atomic E-state index is 0.0170. The van der Waals surface area contributed by atoms with Crippen LogP contribution in [-0.2, 0) is 0 Å². The van der Waals surface area contributed by atoms with E-state index in [4.69, 9.17) is 11.6 Å². The van der Waals surface area contributed by atoms with E-state index in [1.54, 1.807) is 0 Å². The first-order valence-electron chi connectivity index (χ1n) is 42.9. The molecule has 0 radical (unpaired) electrons. The van der Waals surface area contributed by atoms with E-state index < -0.39 is 16.1 Å². The number of benzene rings is 20. The molecule has 590 valence electrons. The molecule has 2 heterocycles. The molecule has 0 bridgehead atoms. The average Bonchev–Trinajstić information content (AvgIpc) is 0.675. The van der Waals surface area contributed by atoms with Gasteiger partial charge < -0.3 is 19.6 Å². The molecule has 22 rings (SSSR count). The van der Waals surface area contributed by atoms with Crippen LogP contribution in [0.5, 0.6) is 0 Å². The van der Waals surface area contributed by atoms with Gasteiger partial charge in [0.05, 0.1) is 27.8 Å². The highest BCUT2D eigenvalue weighted by atomic mass is 35.5. The largest absolute Gasteiger partial charge is 0.311 e. The Morgan fingerprint density at radius 1 is 0.234 bits per heavy atom. The summed E-state index contributed by atoms with van der Waals surface area (Å²) in [7, 11) is -6.15. The topological polar surface area (TPSA) is 13.0 Å². The van der Waals surface area contributed by atoms with Crippen molar-refractivity contribution in [2.45, 2.75) is 27.7 Å². The molecule has 0 unspecified atom stereocenters. The van der Waals surface area contributed by atoms with E-state index in [0.29, 0.717) is 5.02 Å². The number of anilines is 12. The van der Waals surface area contributed by atoms with Gasteiger partial charge in [-0.25, -0.2) is 0 Å². The monoisotopic (exact) mass is 1640 g/mol. The van der Waals surface area contributed by atoms with E-state index in [9.17, 15) is 0 Å². The summed E-state index contributed by atoms with van der Waals surface area (Å²) < 4.78 is 0. The zero-order chi connectivity index (χ0) is 83.4. The Labute approximate surface area is 733 Å². The summed E-state index contributed by atoms with van der Waals surface area (Å²) >= 11 is 8.27. The molecule has 124 heavy (non-hydrogen) atoms. The summed E-state index contributed by atoms with van der Waals surface area (Å²) in [5, 5.41) is 20.7. The maximum absolute atomic E-state index is 8.27. The van der Waals surface area contributed by atoms with Crippen LogP contribution in [0, 0.1) is 27.7 Å². The summed E-state index contributed by atoms with van der Waals surface area (Å²) in [5.41, 5.74) is 22.0. The summed E-state index contributed by atoms with van der Waals surface area (Å²) in [6, 6.07) is 171. The van der Waals surface area contributed by atoms with Crippen molar-refractivity contribution in [3.63, 3.8) is 0 Å². The zero-order valence-electron chi connectivity index (χ0n) is 69.6. The molecule has 0 saturated carbocycles. The lowest BCUT2D eigenvalue weighted by Gasteiger charge is -2.46. The van der Waals surface area contributed by atoms with Crippen molar-refractivity contribution < 1.29 is 0 Å². The normalized spacial score (nSPS) is 12.2. The summed E-state index contributed by atoms with van der Waals surface area (Å²) in [6.45, 7) is 8.73. The molecule has 0 spiro atoms. The second-order valence-corrected chi connectivity index (χ2v) is 41.0. The second kappa shape index (κ2) is 32.4. The lowest BCUT2D eigenvalue weighted by atomic mass is 9.33. The van der Waals surface area contributed by atoms with Gasteiger partial charge in [0.15, 0.2) is 16.1 Å². The van der Waals surface area contributed by atoms with Crippen molar-refractivity contribution in [2.75, 3.05) is 19.6 Å². The van der Waals surface area contributed by atoms with E-state index in [-0.39, 0.29) is 6.71 Å². The predicted molar refractivity (Wildman–Crippen MR) is 537 cm³/mol. The highest BCUT2D eigenvalue weighted by Gasteiger charge is 2.49.